The Morgan fingerprint density at radius 1 is 0.649 bits per heavy atom. The van der Waals surface area contributed by atoms with E-state index in [0.717, 1.165) is 0 Å². The normalized spacial score (nSPS) is 14.7. The summed E-state index contributed by atoms with van der Waals surface area (Å²) in [5, 5.41) is 0. The lowest BCUT2D eigenvalue weighted by Crippen LogP contribution is -2.68. The first kappa shape index (κ1) is 30.4. The minimum atomic E-state index is -2.23. The Bertz CT molecular complexity index is 987. The van der Waals surface area contributed by atoms with Gasteiger partial charge < -0.3 is 13.8 Å². The van der Waals surface area contributed by atoms with Gasteiger partial charge in [-0.05, 0) is 45.9 Å². The van der Waals surface area contributed by atoms with Crippen LogP contribution >= 0.6 is 22.2 Å². The van der Waals surface area contributed by atoms with E-state index in [0.29, 0.717) is 23.7 Å². The molecule has 0 amide bonds. The third-order valence-electron chi connectivity index (χ3n) is 7.32. The van der Waals surface area contributed by atoms with Crippen LogP contribution in [-0.2, 0) is 0 Å². The minimum Gasteiger partial charge on any atom is -0.356 e. The molecule has 3 nitrogen and oxygen atoms in total. The first-order valence-electron chi connectivity index (χ1n) is 13.8. The fraction of sp³-hybridized carbons (Fsp3) is 0.517. The summed E-state index contributed by atoms with van der Waals surface area (Å²) in [6.07, 6.45) is 4.55. The van der Waals surface area contributed by atoms with Crippen molar-refractivity contribution in [2.24, 2.45) is 0 Å². The number of hydrogen-bond donors (Lipinski definition) is 0. The van der Waals surface area contributed by atoms with E-state index in [-0.39, 0.29) is 7.12 Å². The first-order valence-corrected chi connectivity index (χ1v) is 21.2. The summed E-state index contributed by atoms with van der Waals surface area (Å²) in [5.41, 5.74) is 8.05. The van der Waals surface area contributed by atoms with E-state index >= 15 is 0 Å². The third-order valence-corrected chi connectivity index (χ3v) is 15.1. The van der Waals surface area contributed by atoms with Crippen molar-refractivity contribution in [2.75, 3.05) is 9.62 Å². The molecule has 202 valence electrons. The molecular weight excluding hydrogens is 528 g/mol. The van der Waals surface area contributed by atoms with E-state index in [4.69, 9.17) is 22.2 Å². The van der Waals surface area contributed by atoms with Gasteiger partial charge in [-0.3, -0.25) is 0 Å². The Balaban J connectivity index is 2.38. The molecule has 1 aliphatic heterocycles. The second-order valence-corrected chi connectivity index (χ2v) is 22.1. The van der Waals surface area contributed by atoms with Crippen LogP contribution in [-0.4, -0.2) is 27.1 Å². The number of halogens is 2. The van der Waals surface area contributed by atoms with Crippen molar-refractivity contribution in [3.05, 3.63) is 71.1 Å². The third kappa shape index (κ3) is 6.19. The van der Waals surface area contributed by atoms with Crippen LogP contribution in [0.5, 0.6) is 0 Å². The van der Waals surface area contributed by atoms with E-state index < -0.39 is 15.8 Å². The average Bonchev–Trinajstić information content (AvgIpc) is 3.19. The van der Waals surface area contributed by atoms with Gasteiger partial charge in [-0.25, -0.2) is 0 Å². The zero-order chi connectivity index (χ0) is 27.8. The molecule has 0 bridgehead atoms. The highest BCUT2D eigenvalue weighted by Crippen LogP contribution is 2.43. The van der Waals surface area contributed by atoms with Gasteiger partial charge in [0.05, 0.1) is 0 Å². The Hall–Kier alpha value is -1.18. The number of rotatable bonds is 9. The summed E-state index contributed by atoms with van der Waals surface area (Å²) in [6.45, 7) is 25.4. The summed E-state index contributed by atoms with van der Waals surface area (Å²) in [5.74, 6) is 1.58. The van der Waals surface area contributed by atoms with Crippen LogP contribution < -0.4 is 9.62 Å². The second-order valence-electron chi connectivity index (χ2n) is 12.5. The van der Waals surface area contributed by atoms with Crippen LogP contribution in [0.25, 0.3) is 0 Å². The topological polar surface area (TPSA) is 9.72 Å². The van der Waals surface area contributed by atoms with Crippen LogP contribution in [0.2, 0.25) is 19.6 Å². The number of anilines is 2. The molecule has 0 aliphatic carbocycles. The first-order chi connectivity index (χ1) is 17.2. The summed E-state index contributed by atoms with van der Waals surface area (Å²) in [6, 6.07) is 13.6. The molecule has 0 aromatic heterocycles. The Kier molecular flexibility index (Phi) is 9.77. The molecule has 0 N–H and O–H groups in total. The van der Waals surface area contributed by atoms with E-state index in [2.05, 4.69) is 138 Å². The SMILES string of the molecule is CC(C)c1cccc(C(C)C)c1N1C=CN(c2c(C(C)C)cccc2C(C)C)B1N([SiH](Cl)Cl)[Si](C)(C)C. The van der Waals surface area contributed by atoms with Crippen molar-refractivity contribution in [3.63, 3.8) is 0 Å². The van der Waals surface area contributed by atoms with Gasteiger partial charge in [0.2, 0.25) is 0 Å². The fourth-order valence-electron chi connectivity index (χ4n) is 5.44. The molecule has 3 rings (SSSR count). The summed E-state index contributed by atoms with van der Waals surface area (Å²) in [7, 11) is -4.27. The van der Waals surface area contributed by atoms with E-state index in [9.17, 15) is 0 Å². The van der Waals surface area contributed by atoms with Gasteiger partial charge in [0.25, 0.3) is 7.58 Å². The lowest BCUT2D eigenvalue weighted by Gasteiger charge is -2.46. The maximum absolute atomic E-state index is 7.01. The molecule has 37 heavy (non-hydrogen) atoms. The molecule has 0 radical (unpaired) electrons. The van der Waals surface area contributed by atoms with Crippen LogP contribution in [0, 0.1) is 0 Å². The smallest absolute Gasteiger partial charge is 0.356 e. The Morgan fingerprint density at radius 3 is 1.16 bits per heavy atom. The molecule has 0 spiro atoms. The standard InChI is InChI=1S/C29H46BCl2N3Si2/c1-20(2)24-14-12-15-25(21(3)4)28(24)33-18-19-34(30(33)35(36(31)32)37(9,10)11)29-26(22(5)6)16-13-17-27(29)23(7)8/h12-23,36H,1-11H3. The van der Waals surface area contributed by atoms with E-state index in [1.807, 2.05) is 0 Å². The van der Waals surface area contributed by atoms with Crippen molar-refractivity contribution < 1.29 is 0 Å². The van der Waals surface area contributed by atoms with Crippen LogP contribution in [0.15, 0.2) is 48.8 Å². The molecule has 2 aromatic rings. The molecule has 2 aromatic carbocycles. The monoisotopic (exact) mass is 573 g/mol. The molecule has 0 unspecified atom stereocenters. The molecule has 0 fully saturated rings. The van der Waals surface area contributed by atoms with Crippen LogP contribution in [0.3, 0.4) is 0 Å². The second kappa shape index (κ2) is 11.9. The number of benzene rings is 2. The van der Waals surface area contributed by atoms with Crippen LogP contribution in [0.4, 0.5) is 11.4 Å². The van der Waals surface area contributed by atoms with Crippen molar-refractivity contribution >= 4 is 56.5 Å². The lowest BCUT2D eigenvalue weighted by atomic mass is 9.82. The maximum atomic E-state index is 7.01. The van der Waals surface area contributed by atoms with Crippen molar-refractivity contribution in [3.8, 4) is 0 Å². The van der Waals surface area contributed by atoms with Gasteiger partial charge in [-0.2, -0.15) is 0 Å². The zero-order valence-corrected chi connectivity index (χ0v) is 28.3. The molecule has 8 heteroatoms. The van der Waals surface area contributed by atoms with E-state index in [1.165, 1.54) is 33.6 Å². The van der Waals surface area contributed by atoms with Crippen molar-refractivity contribution in [2.45, 2.75) is 98.7 Å². The molecule has 0 atom stereocenters. The van der Waals surface area contributed by atoms with Crippen LogP contribution in [0.1, 0.15) is 101 Å². The zero-order valence-electron chi connectivity index (χ0n) is 24.7. The lowest BCUT2D eigenvalue weighted by molar-refractivity contribution is 0.825. The quantitative estimate of drug-likeness (QED) is 0.218. The fourth-order valence-corrected chi connectivity index (χ4v) is 15.1. The van der Waals surface area contributed by atoms with Gasteiger partial charge in [-0.1, -0.05) is 111 Å². The van der Waals surface area contributed by atoms with E-state index in [1.54, 1.807) is 0 Å². The van der Waals surface area contributed by atoms with Gasteiger partial charge in [0, 0.05) is 23.8 Å². The van der Waals surface area contributed by atoms with Gasteiger partial charge in [0.1, 0.15) is 8.24 Å². The molecular formula is C29H46BCl2N3Si2. The highest BCUT2D eigenvalue weighted by molar-refractivity contribution is 7.36. The molecule has 0 saturated heterocycles. The minimum absolute atomic E-state index is 0.104. The van der Waals surface area contributed by atoms with Crippen molar-refractivity contribution in [1.29, 1.82) is 0 Å². The Labute approximate surface area is 239 Å². The van der Waals surface area contributed by atoms with Gasteiger partial charge >= 0.3 is 7.12 Å². The van der Waals surface area contributed by atoms with Gasteiger partial charge in [0.15, 0.2) is 0 Å². The van der Waals surface area contributed by atoms with Gasteiger partial charge in [-0.15, -0.1) is 22.2 Å². The molecule has 1 heterocycles. The molecule has 1 aliphatic rings. The van der Waals surface area contributed by atoms with Crippen molar-refractivity contribution in [1.82, 2.24) is 4.14 Å². The highest BCUT2D eigenvalue weighted by atomic mass is 35.7. The predicted molar refractivity (Wildman–Crippen MR) is 173 cm³/mol. The number of nitrogens with zero attached hydrogens (tertiary/aromatic N) is 3. The summed E-state index contributed by atoms with van der Waals surface area (Å²) in [4.78, 5) is 4.96. The summed E-state index contributed by atoms with van der Waals surface area (Å²) < 4.78 is 2.50. The number of para-hydroxylation sites is 2. The highest BCUT2D eigenvalue weighted by Gasteiger charge is 2.49. The molecule has 0 saturated carbocycles. The average molecular weight is 575 g/mol. The maximum Gasteiger partial charge on any atom is 0.466 e. The summed E-state index contributed by atoms with van der Waals surface area (Å²) >= 11 is 14.0. The largest absolute Gasteiger partial charge is 0.466 e. The Morgan fingerprint density at radius 2 is 0.946 bits per heavy atom. The number of hydrogen-bond acceptors (Lipinski definition) is 3. The predicted octanol–water partition coefficient (Wildman–Crippen LogP) is 9.29.